The fourth-order valence-electron chi connectivity index (χ4n) is 2.34. The van der Waals surface area contributed by atoms with Crippen molar-refractivity contribution < 1.29 is 4.74 Å². The van der Waals surface area contributed by atoms with Crippen molar-refractivity contribution in [1.29, 1.82) is 0 Å². The van der Waals surface area contributed by atoms with Gasteiger partial charge in [0.1, 0.15) is 5.75 Å². The van der Waals surface area contributed by atoms with E-state index in [0.717, 1.165) is 5.75 Å². The molecule has 0 amide bonds. The molecule has 0 aliphatic heterocycles. The van der Waals surface area contributed by atoms with Gasteiger partial charge in [0, 0.05) is 0 Å². The lowest BCUT2D eigenvalue weighted by atomic mass is 10.1. The molecule has 1 heteroatoms. The third-order valence-corrected chi connectivity index (χ3v) is 3.62. The smallest absolute Gasteiger partial charge is 0.119 e. The Labute approximate surface area is 125 Å². The quantitative estimate of drug-likeness (QED) is 0.587. The van der Waals surface area contributed by atoms with Gasteiger partial charge >= 0.3 is 0 Å². The average molecular weight is 274 g/mol. The maximum absolute atomic E-state index is 5.25. The molecule has 1 nitrogen and oxygen atoms in total. The third-order valence-electron chi connectivity index (χ3n) is 3.62. The Morgan fingerprint density at radius 1 is 0.714 bits per heavy atom. The van der Waals surface area contributed by atoms with Crippen LogP contribution in [0.15, 0.2) is 60.7 Å². The summed E-state index contributed by atoms with van der Waals surface area (Å²) in [7, 11) is 1.69. The van der Waals surface area contributed by atoms with Crippen LogP contribution in [0.5, 0.6) is 5.75 Å². The standard InChI is InChI=1S/C20H18O/c1-15-3-5-16(6-4-15)7-8-17-9-10-19-14-20(21-2)12-11-18(19)13-17/h3-14H,1-2H3/b8-7+. The highest BCUT2D eigenvalue weighted by Crippen LogP contribution is 2.22. The molecule has 0 unspecified atom stereocenters. The molecule has 0 aromatic heterocycles. The summed E-state index contributed by atoms with van der Waals surface area (Å²) < 4.78 is 5.25. The predicted octanol–water partition coefficient (Wildman–Crippen LogP) is 5.33. The Bertz CT molecular complexity index is 783. The van der Waals surface area contributed by atoms with Crippen LogP contribution in [0.2, 0.25) is 0 Å². The van der Waals surface area contributed by atoms with Gasteiger partial charge in [-0.15, -0.1) is 0 Å². The van der Waals surface area contributed by atoms with Crippen LogP contribution in [0.1, 0.15) is 16.7 Å². The van der Waals surface area contributed by atoms with Gasteiger partial charge in [0.25, 0.3) is 0 Å². The number of fused-ring (bicyclic) bond motifs is 1. The van der Waals surface area contributed by atoms with E-state index < -0.39 is 0 Å². The fraction of sp³-hybridized carbons (Fsp3) is 0.100. The highest BCUT2D eigenvalue weighted by atomic mass is 16.5. The van der Waals surface area contributed by atoms with Gasteiger partial charge in [0.2, 0.25) is 0 Å². The number of benzene rings is 3. The van der Waals surface area contributed by atoms with Crippen LogP contribution in [-0.4, -0.2) is 7.11 Å². The summed E-state index contributed by atoms with van der Waals surface area (Å²) in [6, 6.07) is 21.1. The van der Waals surface area contributed by atoms with Crippen LogP contribution in [0.3, 0.4) is 0 Å². The van der Waals surface area contributed by atoms with Crippen LogP contribution in [0, 0.1) is 6.92 Å². The minimum atomic E-state index is 0.894. The SMILES string of the molecule is COc1ccc2cc(/C=C/c3ccc(C)cc3)ccc2c1. The van der Waals surface area contributed by atoms with E-state index in [1.165, 1.54) is 27.5 Å². The van der Waals surface area contributed by atoms with Crippen molar-refractivity contribution in [2.24, 2.45) is 0 Å². The van der Waals surface area contributed by atoms with Crippen molar-refractivity contribution in [2.45, 2.75) is 6.92 Å². The van der Waals surface area contributed by atoms with E-state index in [4.69, 9.17) is 4.74 Å². The molecule has 0 atom stereocenters. The largest absolute Gasteiger partial charge is 0.497 e. The van der Waals surface area contributed by atoms with Gasteiger partial charge in [-0.3, -0.25) is 0 Å². The molecule has 104 valence electrons. The van der Waals surface area contributed by atoms with E-state index in [9.17, 15) is 0 Å². The Hall–Kier alpha value is -2.54. The van der Waals surface area contributed by atoms with E-state index in [0.29, 0.717) is 0 Å². The summed E-state index contributed by atoms with van der Waals surface area (Å²) >= 11 is 0. The molecule has 0 spiro atoms. The number of methoxy groups -OCH3 is 1. The van der Waals surface area contributed by atoms with Gasteiger partial charge in [-0.05, 0) is 47.0 Å². The molecule has 21 heavy (non-hydrogen) atoms. The van der Waals surface area contributed by atoms with Crippen LogP contribution >= 0.6 is 0 Å². The molecule has 3 aromatic carbocycles. The first-order chi connectivity index (χ1) is 10.2. The molecule has 0 saturated carbocycles. The fourth-order valence-corrected chi connectivity index (χ4v) is 2.34. The zero-order valence-electron chi connectivity index (χ0n) is 12.3. The topological polar surface area (TPSA) is 9.23 Å². The Morgan fingerprint density at radius 2 is 1.33 bits per heavy atom. The zero-order valence-corrected chi connectivity index (χ0v) is 12.3. The van der Waals surface area contributed by atoms with Crippen molar-refractivity contribution in [3.05, 3.63) is 77.4 Å². The highest BCUT2D eigenvalue weighted by molar-refractivity contribution is 5.87. The van der Waals surface area contributed by atoms with Crippen LogP contribution in [0.4, 0.5) is 0 Å². The molecule has 0 aliphatic carbocycles. The minimum absolute atomic E-state index is 0.894. The molecule has 3 aromatic rings. The van der Waals surface area contributed by atoms with Crippen molar-refractivity contribution in [2.75, 3.05) is 7.11 Å². The van der Waals surface area contributed by atoms with Gasteiger partial charge in [0.15, 0.2) is 0 Å². The maximum Gasteiger partial charge on any atom is 0.119 e. The van der Waals surface area contributed by atoms with Gasteiger partial charge in [-0.2, -0.15) is 0 Å². The Morgan fingerprint density at radius 3 is 2.10 bits per heavy atom. The predicted molar refractivity (Wildman–Crippen MR) is 90.6 cm³/mol. The molecule has 0 heterocycles. The second kappa shape index (κ2) is 5.84. The maximum atomic E-state index is 5.25. The van der Waals surface area contributed by atoms with Crippen molar-refractivity contribution >= 4 is 22.9 Å². The zero-order chi connectivity index (χ0) is 14.7. The van der Waals surface area contributed by atoms with E-state index in [1.807, 2.05) is 6.07 Å². The summed E-state index contributed by atoms with van der Waals surface area (Å²) in [6.45, 7) is 2.10. The summed E-state index contributed by atoms with van der Waals surface area (Å²) in [6.07, 6.45) is 4.29. The van der Waals surface area contributed by atoms with Gasteiger partial charge in [0.05, 0.1) is 7.11 Å². The van der Waals surface area contributed by atoms with Gasteiger partial charge in [-0.1, -0.05) is 60.2 Å². The van der Waals surface area contributed by atoms with E-state index >= 15 is 0 Å². The number of hydrogen-bond acceptors (Lipinski definition) is 1. The van der Waals surface area contributed by atoms with Crippen molar-refractivity contribution in [3.8, 4) is 5.75 Å². The first-order valence-electron chi connectivity index (χ1n) is 7.07. The second-order valence-corrected chi connectivity index (χ2v) is 5.22. The summed E-state index contributed by atoms with van der Waals surface area (Å²) in [5.74, 6) is 0.894. The molecule has 0 bridgehead atoms. The average Bonchev–Trinajstić information content (AvgIpc) is 2.53. The van der Waals surface area contributed by atoms with E-state index in [-0.39, 0.29) is 0 Å². The first-order valence-corrected chi connectivity index (χ1v) is 7.07. The highest BCUT2D eigenvalue weighted by Gasteiger charge is 1.97. The van der Waals surface area contributed by atoms with Crippen LogP contribution in [-0.2, 0) is 0 Å². The van der Waals surface area contributed by atoms with Crippen molar-refractivity contribution in [3.63, 3.8) is 0 Å². The minimum Gasteiger partial charge on any atom is -0.497 e. The summed E-state index contributed by atoms with van der Waals surface area (Å²) in [5, 5.41) is 2.42. The van der Waals surface area contributed by atoms with Crippen LogP contribution in [0.25, 0.3) is 22.9 Å². The lowest BCUT2D eigenvalue weighted by Gasteiger charge is -2.03. The van der Waals surface area contributed by atoms with Crippen molar-refractivity contribution in [1.82, 2.24) is 0 Å². The number of aryl methyl sites for hydroxylation is 1. The van der Waals surface area contributed by atoms with Crippen LogP contribution < -0.4 is 4.74 Å². The number of hydrogen-bond donors (Lipinski definition) is 0. The molecule has 0 radical (unpaired) electrons. The Balaban J connectivity index is 1.88. The first kappa shape index (κ1) is 13.4. The second-order valence-electron chi connectivity index (χ2n) is 5.22. The lowest BCUT2D eigenvalue weighted by Crippen LogP contribution is -1.82. The monoisotopic (exact) mass is 274 g/mol. The number of rotatable bonds is 3. The van der Waals surface area contributed by atoms with E-state index in [1.54, 1.807) is 7.11 Å². The lowest BCUT2D eigenvalue weighted by molar-refractivity contribution is 0.415. The normalized spacial score (nSPS) is 11.1. The summed E-state index contributed by atoms with van der Waals surface area (Å²) in [5.41, 5.74) is 3.70. The number of ether oxygens (including phenoxy) is 1. The molecule has 0 N–H and O–H groups in total. The molecular formula is C20H18O. The summed E-state index contributed by atoms with van der Waals surface area (Å²) in [4.78, 5) is 0. The molecule has 3 rings (SSSR count). The third kappa shape index (κ3) is 3.14. The van der Waals surface area contributed by atoms with Gasteiger partial charge in [-0.25, -0.2) is 0 Å². The molecule has 0 saturated heterocycles. The molecular weight excluding hydrogens is 256 g/mol. The molecule has 0 aliphatic rings. The Kier molecular flexibility index (Phi) is 3.74. The molecule has 0 fully saturated rings. The van der Waals surface area contributed by atoms with Gasteiger partial charge < -0.3 is 4.74 Å². The van der Waals surface area contributed by atoms with E-state index in [2.05, 4.69) is 73.7 Å².